The van der Waals surface area contributed by atoms with Crippen molar-refractivity contribution in [3.63, 3.8) is 0 Å². The number of aryl methyl sites for hydroxylation is 1. The van der Waals surface area contributed by atoms with Crippen molar-refractivity contribution in [1.82, 2.24) is 14.5 Å². The molecule has 2 aromatic heterocycles. The van der Waals surface area contributed by atoms with Gasteiger partial charge in [-0.2, -0.15) is 0 Å². The molecule has 2 heterocycles. The number of nitrogens with two attached hydrogens (primary N) is 1. The lowest BCUT2D eigenvalue weighted by atomic mass is 10.2. The second kappa shape index (κ2) is 5.42. The first kappa shape index (κ1) is 12.3. The third kappa shape index (κ3) is 2.72. The van der Waals surface area contributed by atoms with Gasteiger partial charge in [-0.3, -0.25) is 9.78 Å². The van der Waals surface area contributed by atoms with Crippen molar-refractivity contribution in [2.45, 2.75) is 13.5 Å². The van der Waals surface area contributed by atoms with Crippen LogP contribution in [0.1, 0.15) is 16.1 Å². The molecule has 0 saturated heterocycles. The number of carbonyl (C=O) groups excluding carboxylic acids is 1. The van der Waals surface area contributed by atoms with Gasteiger partial charge >= 0.3 is 0 Å². The van der Waals surface area contributed by atoms with Gasteiger partial charge in [0, 0.05) is 25.5 Å². The Morgan fingerprint density at radius 2 is 2.39 bits per heavy atom. The van der Waals surface area contributed by atoms with Gasteiger partial charge in [0.05, 0.1) is 18.2 Å². The molecule has 0 aliphatic rings. The number of carbonyl (C=O) groups is 1. The van der Waals surface area contributed by atoms with Gasteiger partial charge in [0.15, 0.2) is 0 Å². The van der Waals surface area contributed by atoms with Crippen molar-refractivity contribution in [2.24, 2.45) is 5.73 Å². The van der Waals surface area contributed by atoms with Gasteiger partial charge in [-0.05, 0) is 18.6 Å². The monoisotopic (exact) mass is 245 g/mol. The largest absolute Gasteiger partial charge is 0.335 e. The highest BCUT2D eigenvalue weighted by atomic mass is 16.1. The van der Waals surface area contributed by atoms with E-state index in [0.29, 0.717) is 24.5 Å². The fourth-order valence-electron chi connectivity index (χ4n) is 1.53. The van der Waals surface area contributed by atoms with Crippen molar-refractivity contribution in [3.05, 3.63) is 42.2 Å². The molecule has 0 radical (unpaired) electrons. The van der Waals surface area contributed by atoms with Crippen LogP contribution in [-0.2, 0) is 6.54 Å². The lowest BCUT2D eigenvalue weighted by Crippen LogP contribution is -2.13. The Morgan fingerprint density at radius 1 is 1.56 bits per heavy atom. The number of rotatable bonds is 4. The van der Waals surface area contributed by atoms with Gasteiger partial charge in [0.25, 0.3) is 5.91 Å². The molecule has 6 heteroatoms. The first-order valence-corrected chi connectivity index (χ1v) is 5.64. The van der Waals surface area contributed by atoms with Gasteiger partial charge < -0.3 is 15.6 Å². The van der Waals surface area contributed by atoms with Crippen LogP contribution in [0.5, 0.6) is 0 Å². The molecule has 18 heavy (non-hydrogen) atoms. The van der Waals surface area contributed by atoms with Gasteiger partial charge in [0.2, 0.25) is 0 Å². The van der Waals surface area contributed by atoms with Gasteiger partial charge in [0.1, 0.15) is 5.69 Å². The van der Waals surface area contributed by atoms with Crippen LogP contribution in [0.3, 0.4) is 0 Å². The zero-order chi connectivity index (χ0) is 13.0. The molecule has 0 spiro atoms. The molecule has 0 aliphatic heterocycles. The lowest BCUT2D eigenvalue weighted by molar-refractivity contribution is 0.102. The zero-order valence-electron chi connectivity index (χ0n) is 10.1. The number of amides is 1. The summed E-state index contributed by atoms with van der Waals surface area (Å²) < 4.78 is 1.78. The Labute approximate surface area is 105 Å². The molecule has 0 atom stereocenters. The minimum atomic E-state index is -0.248. The highest BCUT2D eigenvalue weighted by Gasteiger charge is 2.10. The molecule has 0 aliphatic carbocycles. The van der Waals surface area contributed by atoms with Crippen molar-refractivity contribution in [2.75, 3.05) is 11.9 Å². The Morgan fingerprint density at radius 3 is 3.11 bits per heavy atom. The van der Waals surface area contributed by atoms with Crippen molar-refractivity contribution >= 4 is 11.6 Å². The minimum absolute atomic E-state index is 0.248. The predicted molar refractivity (Wildman–Crippen MR) is 68.2 cm³/mol. The van der Waals surface area contributed by atoms with Crippen LogP contribution in [0.15, 0.2) is 31.0 Å². The molecule has 1 amide bonds. The number of nitrogens with zero attached hydrogens (tertiary/aromatic N) is 3. The molecule has 0 unspecified atom stereocenters. The topological polar surface area (TPSA) is 85.8 Å². The molecule has 0 fully saturated rings. The van der Waals surface area contributed by atoms with Crippen LogP contribution in [0.4, 0.5) is 5.69 Å². The smallest absolute Gasteiger partial charge is 0.275 e. The molecule has 2 aromatic rings. The number of nitrogens with one attached hydrogen (secondary N) is 1. The van der Waals surface area contributed by atoms with E-state index in [9.17, 15) is 4.79 Å². The van der Waals surface area contributed by atoms with Crippen LogP contribution >= 0.6 is 0 Å². The molecule has 0 aromatic carbocycles. The quantitative estimate of drug-likeness (QED) is 0.834. The number of hydrogen-bond acceptors (Lipinski definition) is 4. The second-order valence-electron chi connectivity index (χ2n) is 3.93. The maximum Gasteiger partial charge on any atom is 0.275 e. The van der Waals surface area contributed by atoms with Gasteiger partial charge in [-0.25, -0.2) is 4.98 Å². The summed E-state index contributed by atoms with van der Waals surface area (Å²) in [7, 11) is 0. The van der Waals surface area contributed by atoms with E-state index in [1.54, 1.807) is 29.5 Å². The fraction of sp³-hybridized carbons (Fsp3) is 0.250. The zero-order valence-corrected chi connectivity index (χ0v) is 10.1. The minimum Gasteiger partial charge on any atom is -0.335 e. The lowest BCUT2D eigenvalue weighted by Gasteiger charge is -2.05. The normalized spacial score (nSPS) is 10.3. The number of imidazole rings is 1. The molecule has 0 bridgehead atoms. The first-order chi connectivity index (χ1) is 8.70. The average Bonchev–Trinajstić information content (AvgIpc) is 2.81. The standard InChI is InChI=1S/C12H15N5O/c1-9-2-4-14-6-10(9)16-12(18)11-7-17(5-3-13)8-15-11/h2,4,6-8H,3,5,13H2,1H3,(H,16,18). The predicted octanol–water partition coefficient (Wildman–Crippen LogP) is 0.798. The second-order valence-corrected chi connectivity index (χ2v) is 3.93. The van der Waals surface area contributed by atoms with Crippen molar-refractivity contribution in [1.29, 1.82) is 0 Å². The summed E-state index contributed by atoms with van der Waals surface area (Å²) in [6.45, 7) is 3.07. The van der Waals surface area contributed by atoms with Crippen LogP contribution in [0, 0.1) is 6.92 Å². The van der Waals surface area contributed by atoms with Crippen LogP contribution < -0.4 is 11.1 Å². The summed E-state index contributed by atoms with van der Waals surface area (Å²) in [6.07, 6.45) is 6.57. The third-order valence-electron chi connectivity index (χ3n) is 2.54. The Bertz CT molecular complexity index is 549. The SMILES string of the molecule is Cc1ccncc1NC(=O)c1cn(CCN)cn1. The van der Waals surface area contributed by atoms with E-state index in [1.165, 1.54) is 0 Å². The maximum absolute atomic E-state index is 11.9. The van der Waals surface area contributed by atoms with E-state index in [0.717, 1.165) is 5.56 Å². The molecular weight excluding hydrogens is 230 g/mol. The summed E-state index contributed by atoms with van der Waals surface area (Å²) in [6, 6.07) is 1.84. The summed E-state index contributed by atoms with van der Waals surface area (Å²) >= 11 is 0. The van der Waals surface area contributed by atoms with Crippen LogP contribution in [0.25, 0.3) is 0 Å². The third-order valence-corrected chi connectivity index (χ3v) is 2.54. The van der Waals surface area contributed by atoms with E-state index in [4.69, 9.17) is 5.73 Å². The summed E-state index contributed by atoms with van der Waals surface area (Å²) in [5.41, 5.74) is 7.45. The summed E-state index contributed by atoms with van der Waals surface area (Å²) in [5.74, 6) is -0.248. The average molecular weight is 245 g/mol. The Balaban J connectivity index is 2.10. The van der Waals surface area contributed by atoms with Gasteiger partial charge in [-0.15, -0.1) is 0 Å². The highest BCUT2D eigenvalue weighted by Crippen LogP contribution is 2.12. The van der Waals surface area contributed by atoms with E-state index >= 15 is 0 Å². The number of aromatic nitrogens is 3. The van der Waals surface area contributed by atoms with Crippen molar-refractivity contribution < 1.29 is 4.79 Å². The number of hydrogen-bond donors (Lipinski definition) is 2. The number of pyridine rings is 1. The van der Waals surface area contributed by atoms with Crippen LogP contribution in [-0.4, -0.2) is 27.0 Å². The van der Waals surface area contributed by atoms with E-state index in [1.807, 2.05) is 13.0 Å². The molecule has 6 nitrogen and oxygen atoms in total. The van der Waals surface area contributed by atoms with Crippen LogP contribution in [0.2, 0.25) is 0 Å². The number of anilines is 1. The highest BCUT2D eigenvalue weighted by molar-refractivity contribution is 6.03. The maximum atomic E-state index is 11.9. The van der Waals surface area contributed by atoms with E-state index in [2.05, 4.69) is 15.3 Å². The first-order valence-electron chi connectivity index (χ1n) is 5.64. The molecular formula is C12H15N5O. The summed E-state index contributed by atoms with van der Waals surface area (Å²) in [4.78, 5) is 19.9. The van der Waals surface area contributed by atoms with Crippen molar-refractivity contribution in [3.8, 4) is 0 Å². The molecule has 2 rings (SSSR count). The fourth-order valence-corrected chi connectivity index (χ4v) is 1.53. The molecule has 0 saturated carbocycles. The Kier molecular flexibility index (Phi) is 3.69. The van der Waals surface area contributed by atoms with E-state index in [-0.39, 0.29) is 5.91 Å². The Hall–Kier alpha value is -2.21. The summed E-state index contributed by atoms with van der Waals surface area (Å²) in [5, 5.41) is 2.77. The molecule has 3 N–H and O–H groups in total. The van der Waals surface area contributed by atoms with E-state index < -0.39 is 0 Å². The molecule has 94 valence electrons. The van der Waals surface area contributed by atoms with Gasteiger partial charge in [-0.1, -0.05) is 0 Å².